The van der Waals surface area contributed by atoms with Crippen molar-refractivity contribution in [2.75, 3.05) is 6.61 Å². The molecule has 1 aliphatic heterocycles. The lowest BCUT2D eigenvalue weighted by molar-refractivity contribution is -0.139. The zero-order valence-electron chi connectivity index (χ0n) is 11.6. The third-order valence-corrected chi connectivity index (χ3v) is 4.31. The molecule has 2 N–H and O–H groups in total. The molecule has 0 unspecified atom stereocenters. The van der Waals surface area contributed by atoms with Crippen molar-refractivity contribution in [2.45, 2.75) is 45.3 Å². The molecule has 0 bridgehead atoms. The second kappa shape index (κ2) is 5.47. The average molecular weight is 266 g/mol. The van der Waals surface area contributed by atoms with Gasteiger partial charge in [-0.05, 0) is 31.3 Å². The Morgan fingerprint density at radius 3 is 2.84 bits per heavy atom. The summed E-state index contributed by atoms with van der Waals surface area (Å²) >= 11 is 0. The van der Waals surface area contributed by atoms with E-state index in [1.807, 2.05) is 6.92 Å². The lowest BCUT2D eigenvalue weighted by Gasteiger charge is -2.35. The van der Waals surface area contributed by atoms with Crippen molar-refractivity contribution < 1.29 is 19.7 Å². The molecule has 2 rings (SSSR count). The summed E-state index contributed by atoms with van der Waals surface area (Å²) in [6.45, 7) is 7.95. The molecule has 4 atom stereocenters. The molecule has 0 saturated carbocycles. The first kappa shape index (κ1) is 14.3. The van der Waals surface area contributed by atoms with Crippen molar-refractivity contribution in [3.63, 3.8) is 0 Å². The Morgan fingerprint density at radius 1 is 1.53 bits per heavy atom. The number of esters is 1. The van der Waals surface area contributed by atoms with Crippen LogP contribution in [-0.4, -0.2) is 35.0 Å². The van der Waals surface area contributed by atoms with E-state index in [-0.39, 0.29) is 30.5 Å². The number of hydrogen-bond acceptors (Lipinski definition) is 4. The monoisotopic (exact) mass is 266 g/mol. The van der Waals surface area contributed by atoms with Crippen molar-refractivity contribution >= 4 is 5.97 Å². The van der Waals surface area contributed by atoms with Crippen LogP contribution in [0.5, 0.6) is 0 Å². The summed E-state index contributed by atoms with van der Waals surface area (Å²) in [7, 11) is 0. The van der Waals surface area contributed by atoms with Gasteiger partial charge in [0.15, 0.2) is 0 Å². The van der Waals surface area contributed by atoms with Crippen LogP contribution in [0.4, 0.5) is 0 Å². The van der Waals surface area contributed by atoms with Gasteiger partial charge >= 0.3 is 5.97 Å². The Labute approximate surface area is 113 Å². The van der Waals surface area contributed by atoms with E-state index in [0.29, 0.717) is 12.0 Å². The number of carbonyl (C=O) groups excluding carboxylic acids is 1. The molecule has 0 aromatic heterocycles. The summed E-state index contributed by atoms with van der Waals surface area (Å²) < 4.78 is 5.25. The first-order valence-electron chi connectivity index (χ1n) is 6.85. The molecular weight excluding hydrogens is 244 g/mol. The van der Waals surface area contributed by atoms with E-state index < -0.39 is 6.10 Å². The number of hydrogen-bond donors (Lipinski definition) is 2. The normalized spacial score (nSPS) is 32.3. The summed E-state index contributed by atoms with van der Waals surface area (Å²) in [4.78, 5) is 11.6. The zero-order chi connectivity index (χ0) is 14.2. The molecular formula is C15H22O4. The summed E-state index contributed by atoms with van der Waals surface area (Å²) in [5, 5.41) is 19.5. The van der Waals surface area contributed by atoms with Crippen LogP contribution in [0.25, 0.3) is 0 Å². The van der Waals surface area contributed by atoms with Gasteiger partial charge in [-0.3, -0.25) is 0 Å². The first-order chi connectivity index (χ1) is 8.97. The molecule has 0 aromatic carbocycles. The molecule has 1 heterocycles. The number of ether oxygens (including phenoxy) is 1. The summed E-state index contributed by atoms with van der Waals surface area (Å²) in [5.41, 5.74) is 2.48. The highest BCUT2D eigenvalue weighted by molar-refractivity contribution is 5.91. The molecule has 106 valence electrons. The maximum Gasteiger partial charge on any atom is 0.334 e. The minimum atomic E-state index is -0.689. The molecule has 0 radical (unpaired) electrons. The molecule has 0 spiro atoms. The van der Waals surface area contributed by atoms with Crippen LogP contribution in [-0.2, 0) is 9.53 Å². The van der Waals surface area contributed by atoms with Gasteiger partial charge in [0.25, 0.3) is 0 Å². The molecule has 4 heteroatoms. The van der Waals surface area contributed by atoms with Crippen LogP contribution in [0.3, 0.4) is 0 Å². The van der Waals surface area contributed by atoms with Gasteiger partial charge in [0.2, 0.25) is 0 Å². The van der Waals surface area contributed by atoms with Crippen molar-refractivity contribution in [3.05, 3.63) is 23.3 Å². The van der Waals surface area contributed by atoms with E-state index in [2.05, 4.69) is 13.5 Å². The van der Waals surface area contributed by atoms with Gasteiger partial charge in [-0.15, -0.1) is 0 Å². The highest BCUT2D eigenvalue weighted by Crippen LogP contribution is 2.43. The zero-order valence-corrected chi connectivity index (χ0v) is 11.6. The Bertz CT molecular complexity index is 424. The summed E-state index contributed by atoms with van der Waals surface area (Å²) in [6, 6.07) is 0. The van der Waals surface area contributed by atoms with Crippen LogP contribution >= 0.6 is 0 Å². The summed E-state index contributed by atoms with van der Waals surface area (Å²) in [5.74, 6) is -0.486. The first-order valence-corrected chi connectivity index (χ1v) is 6.85. The van der Waals surface area contributed by atoms with Crippen molar-refractivity contribution in [1.82, 2.24) is 0 Å². The average Bonchev–Trinajstić information content (AvgIpc) is 2.62. The van der Waals surface area contributed by atoms with Gasteiger partial charge in [-0.2, -0.15) is 0 Å². The lowest BCUT2D eigenvalue weighted by Crippen LogP contribution is -2.37. The Hall–Kier alpha value is -1.13. The van der Waals surface area contributed by atoms with Gasteiger partial charge in [0.05, 0.1) is 12.0 Å². The van der Waals surface area contributed by atoms with Crippen molar-refractivity contribution in [1.29, 1.82) is 0 Å². The third kappa shape index (κ3) is 2.47. The number of aliphatic hydroxyl groups is 2. The minimum Gasteiger partial charge on any atom is -0.458 e. The molecule has 4 nitrogen and oxygen atoms in total. The largest absolute Gasteiger partial charge is 0.458 e. The fraction of sp³-hybridized carbons (Fsp3) is 0.667. The predicted octanol–water partition coefficient (Wildman–Crippen LogP) is 1.57. The van der Waals surface area contributed by atoms with Gasteiger partial charge in [0, 0.05) is 18.6 Å². The molecule has 2 aliphatic rings. The Kier molecular flexibility index (Phi) is 4.11. The lowest BCUT2D eigenvalue weighted by atomic mass is 9.73. The smallest absolute Gasteiger partial charge is 0.334 e. The molecule has 0 amide bonds. The van der Waals surface area contributed by atoms with Crippen molar-refractivity contribution in [2.24, 2.45) is 11.8 Å². The Morgan fingerprint density at radius 2 is 2.21 bits per heavy atom. The van der Waals surface area contributed by atoms with Gasteiger partial charge < -0.3 is 14.9 Å². The van der Waals surface area contributed by atoms with Crippen LogP contribution in [0.1, 0.15) is 33.1 Å². The topological polar surface area (TPSA) is 66.8 Å². The number of aliphatic hydroxyl groups excluding tert-OH is 2. The van der Waals surface area contributed by atoms with Crippen LogP contribution in [0.2, 0.25) is 0 Å². The Balaban J connectivity index is 2.22. The van der Waals surface area contributed by atoms with E-state index in [1.165, 1.54) is 0 Å². The van der Waals surface area contributed by atoms with E-state index >= 15 is 0 Å². The molecule has 1 aliphatic carbocycles. The standard InChI is InChI=1S/C15H22O4/c1-8(5-4-6-16)12-9(2)7-11-13(14(12)17)10(3)15(18)19-11/h8,11,13-14,16-17H,3-7H2,1-2H3/t8-,11-,13+,14-/m1/s1. The SMILES string of the molecule is C=C1C(=O)O[C@@H]2CC(C)=C([C@H](C)CCCO)[C@@H](O)[C@@H]12. The fourth-order valence-corrected chi connectivity index (χ4v) is 3.34. The second-order valence-corrected chi connectivity index (χ2v) is 5.65. The van der Waals surface area contributed by atoms with Crippen LogP contribution in [0, 0.1) is 11.8 Å². The van der Waals surface area contributed by atoms with Gasteiger partial charge in [0.1, 0.15) is 6.10 Å². The number of rotatable bonds is 4. The number of fused-ring (bicyclic) bond motifs is 1. The predicted molar refractivity (Wildman–Crippen MR) is 71.3 cm³/mol. The molecule has 1 saturated heterocycles. The van der Waals surface area contributed by atoms with E-state index in [0.717, 1.165) is 24.0 Å². The van der Waals surface area contributed by atoms with E-state index in [9.17, 15) is 9.90 Å². The highest BCUT2D eigenvalue weighted by atomic mass is 16.6. The highest BCUT2D eigenvalue weighted by Gasteiger charge is 2.47. The number of carbonyl (C=O) groups is 1. The van der Waals surface area contributed by atoms with Crippen LogP contribution < -0.4 is 0 Å². The van der Waals surface area contributed by atoms with Crippen LogP contribution in [0.15, 0.2) is 23.3 Å². The quantitative estimate of drug-likeness (QED) is 0.460. The van der Waals surface area contributed by atoms with Crippen molar-refractivity contribution in [3.8, 4) is 0 Å². The summed E-state index contributed by atoms with van der Waals surface area (Å²) in [6.07, 6.45) is 1.27. The molecule has 0 aromatic rings. The minimum absolute atomic E-state index is 0.160. The maximum absolute atomic E-state index is 11.6. The van der Waals surface area contributed by atoms with Gasteiger partial charge in [-0.1, -0.05) is 19.1 Å². The molecule has 19 heavy (non-hydrogen) atoms. The second-order valence-electron chi connectivity index (χ2n) is 5.65. The third-order valence-electron chi connectivity index (χ3n) is 4.31. The molecule has 1 fully saturated rings. The van der Waals surface area contributed by atoms with E-state index in [4.69, 9.17) is 9.84 Å². The van der Waals surface area contributed by atoms with Gasteiger partial charge in [-0.25, -0.2) is 4.79 Å². The maximum atomic E-state index is 11.6. The fourth-order valence-electron chi connectivity index (χ4n) is 3.34. The van der Waals surface area contributed by atoms with E-state index in [1.54, 1.807) is 0 Å².